The van der Waals surface area contributed by atoms with Gasteiger partial charge in [0.2, 0.25) is 5.78 Å². The molecule has 3 rings (SSSR count). The monoisotopic (exact) mass is 339 g/mol. The molecule has 25 heavy (non-hydrogen) atoms. The van der Waals surface area contributed by atoms with Crippen molar-refractivity contribution in [3.8, 4) is 5.75 Å². The normalized spacial score (nSPS) is 16.4. The number of cyclic esters (lactones) is 1. The SMILES string of the molecule is COc1ccc(C(=O)c2cccc(N)c2C(=O)C2CCC(=O)O2)cc1. The Hall–Kier alpha value is -3.15. The molecule has 0 aliphatic carbocycles. The molecule has 2 N–H and O–H groups in total. The predicted molar refractivity (Wildman–Crippen MR) is 90.7 cm³/mol. The van der Waals surface area contributed by atoms with E-state index in [2.05, 4.69) is 0 Å². The number of carbonyl (C=O) groups excluding carboxylic acids is 3. The first-order valence-electron chi connectivity index (χ1n) is 7.82. The highest BCUT2D eigenvalue weighted by molar-refractivity contribution is 6.18. The molecule has 128 valence electrons. The van der Waals surface area contributed by atoms with E-state index in [1.807, 2.05) is 0 Å². The van der Waals surface area contributed by atoms with Gasteiger partial charge in [-0.1, -0.05) is 12.1 Å². The molecule has 0 radical (unpaired) electrons. The molecule has 1 saturated heterocycles. The van der Waals surface area contributed by atoms with E-state index < -0.39 is 17.9 Å². The summed E-state index contributed by atoms with van der Waals surface area (Å²) in [6.07, 6.45) is -0.410. The third-order valence-corrected chi connectivity index (χ3v) is 4.12. The van der Waals surface area contributed by atoms with Crippen molar-refractivity contribution in [3.05, 3.63) is 59.2 Å². The van der Waals surface area contributed by atoms with Gasteiger partial charge >= 0.3 is 5.97 Å². The van der Waals surface area contributed by atoms with Gasteiger partial charge in [0.05, 0.1) is 12.7 Å². The van der Waals surface area contributed by atoms with Crippen LogP contribution in [-0.4, -0.2) is 30.7 Å². The molecule has 6 nitrogen and oxygen atoms in total. The van der Waals surface area contributed by atoms with Crippen LogP contribution in [-0.2, 0) is 9.53 Å². The molecule has 1 atom stereocenters. The summed E-state index contributed by atoms with van der Waals surface area (Å²) in [4.78, 5) is 36.9. The smallest absolute Gasteiger partial charge is 0.306 e. The molecule has 2 aromatic rings. The Morgan fingerprint density at radius 2 is 1.88 bits per heavy atom. The molecule has 0 amide bonds. The molecule has 0 saturated carbocycles. The fourth-order valence-corrected chi connectivity index (χ4v) is 2.80. The van der Waals surface area contributed by atoms with Crippen LogP contribution in [0.4, 0.5) is 5.69 Å². The van der Waals surface area contributed by atoms with Crippen molar-refractivity contribution >= 4 is 23.2 Å². The van der Waals surface area contributed by atoms with Crippen molar-refractivity contribution in [2.24, 2.45) is 0 Å². The number of hydrogen-bond donors (Lipinski definition) is 1. The van der Waals surface area contributed by atoms with E-state index in [9.17, 15) is 14.4 Å². The second-order valence-corrected chi connectivity index (χ2v) is 5.71. The first kappa shape index (κ1) is 16.7. The molecule has 2 aromatic carbocycles. The van der Waals surface area contributed by atoms with Crippen molar-refractivity contribution in [3.63, 3.8) is 0 Å². The Morgan fingerprint density at radius 1 is 1.16 bits per heavy atom. The minimum Gasteiger partial charge on any atom is -0.497 e. The first-order chi connectivity index (χ1) is 12.0. The van der Waals surface area contributed by atoms with Crippen LogP contribution in [0, 0.1) is 0 Å². The number of Topliss-reactive ketones (excluding diaryl/α,β-unsaturated/α-hetero) is 1. The Balaban J connectivity index is 1.98. The third-order valence-electron chi connectivity index (χ3n) is 4.12. The largest absolute Gasteiger partial charge is 0.497 e. The van der Waals surface area contributed by atoms with Gasteiger partial charge in [0.15, 0.2) is 11.9 Å². The molecule has 6 heteroatoms. The van der Waals surface area contributed by atoms with Gasteiger partial charge in [0.1, 0.15) is 5.75 Å². The zero-order valence-corrected chi connectivity index (χ0v) is 13.7. The Morgan fingerprint density at radius 3 is 2.48 bits per heavy atom. The molecule has 1 heterocycles. The fraction of sp³-hybridized carbons (Fsp3) is 0.211. The van der Waals surface area contributed by atoms with Crippen LogP contribution < -0.4 is 10.5 Å². The van der Waals surface area contributed by atoms with Gasteiger partial charge in [-0.2, -0.15) is 0 Å². The summed E-state index contributed by atoms with van der Waals surface area (Å²) in [5.74, 6) is -0.572. The van der Waals surface area contributed by atoms with Gasteiger partial charge in [0.25, 0.3) is 0 Å². The van der Waals surface area contributed by atoms with Gasteiger partial charge in [-0.3, -0.25) is 14.4 Å². The van der Waals surface area contributed by atoms with E-state index in [1.54, 1.807) is 42.5 Å². The van der Waals surface area contributed by atoms with Crippen LogP contribution in [0.3, 0.4) is 0 Å². The number of esters is 1. The maximum Gasteiger partial charge on any atom is 0.306 e. The number of methoxy groups -OCH3 is 1. The van der Waals surface area contributed by atoms with Crippen LogP contribution >= 0.6 is 0 Å². The second kappa shape index (κ2) is 6.76. The van der Waals surface area contributed by atoms with Crippen molar-refractivity contribution in [1.82, 2.24) is 0 Å². The highest BCUT2D eigenvalue weighted by atomic mass is 16.6. The average molecular weight is 339 g/mol. The maximum absolute atomic E-state index is 12.8. The molecule has 0 aromatic heterocycles. The van der Waals surface area contributed by atoms with Gasteiger partial charge < -0.3 is 15.2 Å². The van der Waals surface area contributed by atoms with E-state index in [0.717, 1.165) is 0 Å². The highest BCUT2D eigenvalue weighted by Gasteiger charge is 2.33. The average Bonchev–Trinajstić information content (AvgIpc) is 3.07. The van der Waals surface area contributed by atoms with E-state index >= 15 is 0 Å². The molecule has 0 spiro atoms. The number of anilines is 1. The number of nitrogen functional groups attached to an aromatic ring is 1. The zero-order chi connectivity index (χ0) is 18.0. The number of rotatable bonds is 5. The van der Waals surface area contributed by atoms with Crippen molar-refractivity contribution in [1.29, 1.82) is 0 Å². The van der Waals surface area contributed by atoms with Crippen molar-refractivity contribution < 1.29 is 23.9 Å². The summed E-state index contributed by atoms with van der Waals surface area (Å²) in [6, 6.07) is 11.3. The van der Waals surface area contributed by atoms with Crippen LogP contribution in [0.25, 0.3) is 0 Å². The topological polar surface area (TPSA) is 95.7 Å². The molecule has 1 aliphatic rings. The maximum atomic E-state index is 12.8. The van der Waals surface area contributed by atoms with Crippen LogP contribution in [0.15, 0.2) is 42.5 Å². The minimum atomic E-state index is -0.889. The van der Waals surface area contributed by atoms with Crippen molar-refractivity contribution in [2.45, 2.75) is 18.9 Å². The highest BCUT2D eigenvalue weighted by Crippen LogP contribution is 2.27. The summed E-state index contributed by atoms with van der Waals surface area (Å²) >= 11 is 0. The Bertz CT molecular complexity index is 841. The van der Waals surface area contributed by atoms with E-state index in [1.165, 1.54) is 7.11 Å². The van der Waals surface area contributed by atoms with Gasteiger partial charge in [-0.15, -0.1) is 0 Å². The predicted octanol–water partition coefficient (Wildman–Crippen LogP) is 2.40. The summed E-state index contributed by atoms with van der Waals surface area (Å²) in [5, 5.41) is 0. The molecular formula is C19H17NO5. The Kier molecular flexibility index (Phi) is 4.52. The van der Waals surface area contributed by atoms with E-state index in [0.29, 0.717) is 17.7 Å². The lowest BCUT2D eigenvalue weighted by atomic mass is 9.92. The fourth-order valence-electron chi connectivity index (χ4n) is 2.80. The summed E-state index contributed by atoms with van der Waals surface area (Å²) in [7, 11) is 1.54. The molecular weight excluding hydrogens is 322 g/mol. The number of ketones is 2. The summed E-state index contributed by atoms with van der Waals surface area (Å²) < 4.78 is 10.1. The molecule has 1 unspecified atom stereocenters. The minimum absolute atomic E-state index is 0.100. The number of nitrogens with two attached hydrogens (primary N) is 1. The Labute approximate surface area is 144 Å². The number of benzene rings is 2. The van der Waals surface area contributed by atoms with Crippen molar-refractivity contribution in [2.75, 3.05) is 12.8 Å². The molecule has 1 aliphatic heterocycles. The number of ether oxygens (including phenoxy) is 2. The van der Waals surface area contributed by atoms with E-state index in [4.69, 9.17) is 15.2 Å². The lowest BCUT2D eigenvalue weighted by molar-refractivity contribution is -0.140. The summed E-state index contributed by atoms with van der Waals surface area (Å²) in [6.45, 7) is 0. The number of carbonyl (C=O) groups is 3. The van der Waals surface area contributed by atoms with E-state index in [-0.39, 0.29) is 29.0 Å². The van der Waals surface area contributed by atoms with Crippen LogP contribution in [0.1, 0.15) is 39.1 Å². The van der Waals surface area contributed by atoms with Crippen LogP contribution in [0.2, 0.25) is 0 Å². The molecule has 0 bridgehead atoms. The molecule has 1 fully saturated rings. The third kappa shape index (κ3) is 3.24. The first-order valence-corrected chi connectivity index (χ1v) is 7.82. The lowest BCUT2D eigenvalue weighted by Crippen LogP contribution is -2.24. The number of hydrogen-bond acceptors (Lipinski definition) is 6. The van der Waals surface area contributed by atoms with Gasteiger partial charge in [-0.25, -0.2) is 0 Å². The van der Waals surface area contributed by atoms with Gasteiger partial charge in [0, 0.05) is 29.7 Å². The van der Waals surface area contributed by atoms with Crippen LogP contribution in [0.5, 0.6) is 5.75 Å². The second-order valence-electron chi connectivity index (χ2n) is 5.71. The summed E-state index contributed by atoms with van der Waals surface area (Å²) in [5.41, 5.74) is 6.84. The zero-order valence-electron chi connectivity index (χ0n) is 13.7. The lowest BCUT2D eigenvalue weighted by Gasteiger charge is -2.14. The quantitative estimate of drug-likeness (QED) is 0.510. The van der Waals surface area contributed by atoms with Gasteiger partial charge in [-0.05, 0) is 30.3 Å². The standard InChI is InChI=1S/C19H17NO5/c1-24-12-7-5-11(6-8-12)18(22)13-3-2-4-14(20)17(13)19(23)15-9-10-16(21)25-15/h2-8,15H,9-10,20H2,1H3.